The quantitative estimate of drug-likeness (QED) is 0.812. The van der Waals surface area contributed by atoms with E-state index in [0.29, 0.717) is 0 Å². The second-order valence-electron chi connectivity index (χ2n) is 3.63. The lowest BCUT2D eigenvalue weighted by atomic mass is 10.2. The summed E-state index contributed by atoms with van der Waals surface area (Å²) in [5, 5.41) is 3.94. The molecule has 0 spiro atoms. The van der Waals surface area contributed by atoms with Crippen LogP contribution in [0.4, 0.5) is 5.69 Å². The van der Waals surface area contributed by atoms with Crippen molar-refractivity contribution in [1.82, 2.24) is 19.7 Å². The number of rotatable bonds is 4. The van der Waals surface area contributed by atoms with E-state index >= 15 is 0 Å². The Kier molecular flexibility index (Phi) is 3.60. The Morgan fingerprint density at radius 2 is 2.26 bits per heavy atom. The first-order valence-corrected chi connectivity index (χ1v) is 5.56. The Hall–Kier alpha value is -2.64. The molecule has 2 rings (SSSR count). The maximum absolute atomic E-state index is 11.7. The minimum absolute atomic E-state index is 0.134. The van der Waals surface area contributed by atoms with Crippen LogP contribution in [-0.2, 0) is 11.8 Å². The predicted octanol–water partition coefficient (Wildman–Crippen LogP) is 0.761. The third-order valence-corrected chi connectivity index (χ3v) is 2.18. The summed E-state index contributed by atoms with van der Waals surface area (Å²) in [5.41, 5.74) is 6.08. The molecule has 0 aliphatic heterocycles. The fraction of sp³-hybridized carbons (Fsp3) is 0.273. The summed E-state index contributed by atoms with van der Waals surface area (Å²) in [6, 6.07) is 1.53. The van der Waals surface area contributed by atoms with Gasteiger partial charge in [-0.3, -0.25) is 4.68 Å². The van der Waals surface area contributed by atoms with Gasteiger partial charge in [0.25, 0.3) is 0 Å². The van der Waals surface area contributed by atoms with Crippen LogP contribution >= 0.6 is 0 Å². The zero-order valence-corrected chi connectivity index (χ0v) is 10.5. The summed E-state index contributed by atoms with van der Waals surface area (Å²) in [6.07, 6.45) is 2.81. The Bertz CT molecular complexity index is 596. The van der Waals surface area contributed by atoms with Crippen molar-refractivity contribution in [3.8, 4) is 11.9 Å². The van der Waals surface area contributed by atoms with Gasteiger partial charge in [0, 0.05) is 13.1 Å². The topological polar surface area (TPSA) is 105 Å². The van der Waals surface area contributed by atoms with Crippen molar-refractivity contribution in [2.24, 2.45) is 7.05 Å². The number of pyridine rings is 1. The van der Waals surface area contributed by atoms with Crippen LogP contribution in [0, 0.1) is 0 Å². The number of nitrogens with two attached hydrogens (primary N) is 1. The number of anilines is 1. The Labute approximate surface area is 109 Å². The summed E-state index contributed by atoms with van der Waals surface area (Å²) in [5.74, 6) is -0.357. The summed E-state index contributed by atoms with van der Waals surface area (Å²) >= 11 is 0. The maximum atomic E-state index is 11.7. The number of hydrogen-bond acceptors (Lipinski definition) is 7. The highest BCUT2D eigenvalue weighted by Crippen LogP contribution is 2.20. The number of aryl methyl sites for hydroxylation is 1. The molecule has 0 amide bonds. The lowest BCUT2D eigenvalue weighted by Gasteiger charge is -2.06. The molecule has 2 heterocycles. The molecular weight excluding hydrogens is 250 g/mol. The van der Waals surface area contributed by atoms with Gasteiger partial charge in [-0.15, -0.1) is 5.10 Å². The molecule has 0 unspecified atom stereocenters. The Morgan fingerprint density at radius 3 is 2.89 bits per heavy atom. The monoisotopic (exact) mass is 263 g/mol. The lowest BCUT2D eigenvalue weighted by molar-refractivity contribution is 0.0527. The smallest absolute Gasteiger partial charge is 0.342 e. The van der Waals surface area contributed by atoms with E-state index in [0.717, 1.165) is 0 Å². The molecule has 2 N–H and O–H groups in total. The molecule has 2 aromatic heterocycles. The van der Waals surface area contributed by atoms with E-state index in [9.17, 15) is 4.79 Å². The van der Waals surface area contributed by atoms with E-state index in [2.05, 4.69) is 15.1 Å². The number of carbonyl (C=O) groups excluding carboxylic acids is 1. The molecule has 0 bridgehead atoms. The van der Waals surface area contributed by atoms with Crippen LogP contribution in [0.25, 0.3) is 0 Å². The zero-order valence-electron chi connectivity index (χ0n) is 10.5. The van der Waals surface area contributed by atoms with E-state index in [1.165, 1.54) is 23.3 Å². The molecule has 0 saturated carbocycles. The number of aromatic nitrogens is 4. The van der Waals surface area contributed by atoms with Gasteiger partial charge in [0.2, 0.25) is 5.88 Å². The highest BCUT2D eigenvalue weighted by atomic mass is 16.5. The van der Waals surface area contributed by atoms with Gasteiger partial charge in [0.15, 0.2) is 0 Å². The number of nitrogen functional groups attached to an aromatic ring is 1. The molecule has 8 heteroatoms. The average molecular weight is 263 g/mol. The van der Waals surface area contributed by atoms with Gasteiger partial charge in [-0.25, -0.2) is 9.78 Å². The first kappa shape index (κ1) is 12.8. The highest BCUT2D eigenvalue weighted by molar-refractivity contribution is 5.95. The molecule has 0 aliphatic carbocycles. The average Bonchev–Trinajstić information content (AvgIpc) is 2.77. The number of esters is 1. The molecule has 19 heavy (non-hydrogen) atoms. The summed E-state index contributed by atoms with van der Waals surface area (Å²) < 4.78 is 11.7. The van der Waals surface area contributed by atoms with Crippen LogP contribution in [-0.4, -0.2) is 32.3 Å². The van der Waals surface area contributed by atoms with Gasteiger partial charge in [0.1, 0.15) is 6.33 Å². The van der Waals surface area contributed by atoms with Crippen molar-refractivity contribution >= 4 is 11.7 Å². The zero-order chi connectivity index (χ0) is 13.8. The second kappa shape index (κ2) is 5.34. The Morgan fingerprint density at radius 1 is 1.47 bits per heavy atom. The molecular formula is C11H13N5O3. The highest BCUT2D eigenvalue weighted by Gasteiger charge is 2.14. The largest absolute Gasteiger partial charge is 0.462 e. The maximum Gasteiger partial charge on any atom is 0.342 e. The van der Waals surface area contributed by atoms with Gasteiger partial charge in [0.05, 0.1) is 24.1 Å². The number of hydrogen-bond donors (Lipinski definition) is 1. The van der Waals surface area contributed by atoms with Crippen molar-refractivity contribution in [1.29, 1.82) is 0 Å². The summed E-state index contributed by atoms with van der Waals surface area (Å²) in [4.78, 5) is 19.5. The Balaban J connectivity index is 2.23. The molecule has 0 fully saturated rings. The first-order valence-electron chi connectivity index (χ1n) is 5.56. The van der Waals surface area contributed by atoms with Crippen LogP contribution in [0.1, 0.15) is 17.3 Å². The molecule has 0 aromatic carbocycles. The molecule has 0 radical (unpaired) electrons. The molecule has 0 atom stereocenters. The lowest BCUT2D eigenvalue weighted by Crippen LogP contribution is -2.09. The number of carbonyl (C=O) groups is 1. The predicted molar refractivity (Wildman–Crippen MR) is 65.7 cm³/mol. The fourth-order valence-corrected chi connectivity index (χ4v) is 1.35. The van der Waals surface area contributed by atoms with Gasteiger partial charge >= 0.3 is 12.0 Å². The fourth-order valence-electron chi connectivity index (χ4n) is 1.35. The van der Waals surface area contributed by atoms with Crippen LogP contribution in [0.5, 0.6) is 11.9 Å². The summed E-state index contributed by atoms with van der Waals surface area (Å²) in [6.45, 7) is 1.98. The molecule has 100 valence electrons. The van der Waals surface area contributed by atoms with Crippen molar-refractivity contribution in [2.75, 3.05) is 12.3 Å². The minimum Gasteiger partial charge on any atom is -0.462 e. The van der Waals surface area contributed by atoms with Crippen LogP contribution in [0.15, 0.2) is 18.6 Å². The third kappa shape index (κ3) is 2.97. The first-order chi connectivity index (χ1) is 9.10. The van der Waals surface area contributed by atoms with Crippen molar-refractivity contribution in [2.45, 2.75) is 6.92 Å². The minimum atomic E-state index is -0.527. The van der Waals surface area contributed by atoms with E-state index in [-0.39, 0.29) is 29.7 Å². The normalized spacial score (nSPS) is 10.2. The van der Waals surface area contributed by atoms with Gasteiger partial charge in [-0.1, -0.05) is 0 Å². The third-order valence-electron chi connectivity index (χ3n) is 2.18. The summed E-state index contributed by atoms with van der Waals surface area (Å²) in [7, 11) is 1.71. The van der Waals surface area contributed by atoms with Crippen LogP contribution < -0.4 is 10.5 Å². The SMILES string of the molecule is CCOC(=O)c1cc(Oc2ncn(C)n2)ncc1N. The molecule has 0 aliphatic rings. The van der Waals surface area contributed by atoms with E-state index in [1.54, 1.807) is 14.0 Å². The van der Waals surface area contributed by atoms with Crippen LogP contribution in [0.3, 0.4) is 0 Å². The van der Waals surface area contributed by atoms with E-state index in [1.807, 2.05) is 0 Å². The van der Waals surface area contributed by atoms with Gasteiger partial charge < -0.3 is 15.2 Å². The molecule has 0 saturated heterocycles. The molecule has 8 nitrogen and oxygen atoms in total. The van der Waals surface area contributed by atoms with Crippen molar-refractivity contribution < 1.29 is 14.3 Å². The van der Waals surface area contributed by atoms with Gasteiger partial charge in [-0.05, 0) is 6.92 Å². The van der Waals surface area contributed by atoms with Crippen molar-refractivity contribution in [3.63, 3.8) is 0 Å². The molecule has 2 aromatic rings. The second-order valence-corrected chi connectivity index (χ2v) is 3.63. The van der Waals surface area contributed by atoms with Gasteiger partial charge in [-0.2, -0.15) is 4.98 Å². The van der Waals surface area contributed by atoms with E-state index < -0.39 is 5.97 Å². The number of nitrogens with zero attached hydrogens (tertiary/aromatic N) is 4. The van der Waals surface area contributed by atoms with E-state index in [4.69, 9.17) is 15.2 Å². The van der Waals surface area contributed by atoms with Crippen molar-refractivity contribution in [3.05, 3.63) is 24.2 Å². The number of ether oxygens (including phenoxy) is 2. The standard InChI is InChI=1S/C11H13N5O3/c1-3-18-10(17)7-4-9(13-5-8(7)12)19-11-14-6-16(2)15-11/h4-6H,3,12H2,1-2H3. The van der Waals surface area contributed by atoms with Crippen LogP contribution in [0.2, 0.25) is 0 Å².